The molecule has 14 heteroatoms. The minimum Gasteiger partial charge on any atom is -0.391 e. The van der Waals surface area contributed by atoms with Crippen molar-refractivity contribution in [2.75, 3.05) is 20.1 Å². The topological polar surface area (TPSA) is 138 Å². The van der Waals surface area contributed by atoms with Crippen molar-refractivity contribution in [2.45, 2.75) is 89.5 Å². The number of carbonyl (C=O) groups excluding carboxylic acids is 1. The lowest BCUT2D eigenvalue weighted by Crippen LogP contribution is -2.23. The Balaban J connectivity index is 0.000000227. The van der Waals surface area contributed by atoms with E-state index in [0.717, 1.165) is 79.2 Å². The van der Waals surface area contributed by atoms with E-state index in [-0.39, 0.29) is 28.6 Å². The molecular weight excluding hydrogens is 848 g/mol. The van der Waals surface area contributed by atoms with Gasteiger partial charge in [-0.15, -0.1) is 0 Å². The third-order valence-corrected chi connectivity index (χ3v) is 13.0. The number of aromatic amines is 1. The molecule has 3 saturated heterocycles. The number of nitriles is 1. The fourth-order valence-corrected chi connectivity index (χ4v) is 8.73. The first-order valence-corrected chi connectivity index (χ1v) is 22.1. The van der Waals surface area contributed by atoms with Crippen LogP contribution in [0.2, 0.25) is 10.0 Å². The number of carbonyl (C=O) groups is 1. The van der Waals surface area contributed by atoms with E-state index >= 15 is 4.39 Å². The molecule has 330 valence electrons. The lowest BCUT2D eigenvalue weighted by Gasteiger charge is -2.19. The number of nitrogens with one attached hydrogen (secondary N) is 2. The first kappa shape index (κ1) is 46.1. The summed E-state index contributed by atoms with van der Waals surface area (Å²) in [6.07, 6.45) is 10.6. The highest BCUT2D eigenvalue weighted by molar-refractivity contribution is 6.43. The molecule has 2 saturated carbocycles. The minimum atomic E-state index is -1.10. The molecule has 3 aliphatic heterocycles. The van der Waals surface area contributed by atoms with Gasteiger partial charge in [0.15, 0.2) is 5.82 Å². The molecule has 63 heavy (non-hydrogen) atoms. The Bertz CT molecular complexity index is 2600. The fourth-order valence-electron chi connectivity index (χ4n) is 8.33. The zero-order valence-corrected chi connectivity index (χ0v) is 37.0. The summed E-state index contributed by atoms with van der Waals surface area (Å²) in [7, 11) is 2.11. The summed E-state index contributed by atoms with van der Waals surface area (Å²) >= 11 is 12.9. The summed E-state index contributed by atoms with van der Waals surface area (Å²) in [4.78, 5) is 24.9. The molecule has 11 rings (SSSR count). The van der Waals surface area contributed by atoms with Crippen LogP contribution in [0.15, 0.2) is 66.9 Å². The zero-order valence-electron chi connectivity index (χ0n) is 35.5. The quantitative estimate of drug-likeness (QED) is 0.111. The second-order valence-corrected chi connectivity index (χ2v) is 18.0. The van der Waals surface area contributed by atoms with Crippen LogP contribution in [0, 0.1) is 40.6 Å². The van der Waals surface area contributed by atoms with Crippen LogP contribution in [0.3, 0.4) is 0 Å². The van der Waals surface area contributed by atoms with Crippen molar-refractivity contribution in [1.29, 1.82) is 5.26 Å². The molecule has 6 aromatic rings. The van der Waals surface area contributed by atoms with Gasteiger partial charge >= 0.3 is 0 Å². The molecule has 3 aromatic heterocycles. The van der Waals surface area contributed by atoms with Gasteiger partial charge in [-0.05, 0) is 133 Å². The van der Waals surface area contributed by atoms with Crippen molar-refractivity contribution in [3.8, 4) is 28.5 Å². The number of pyridine rings is 2. The number of halogens is 5. The first-order chi connectivity index (χ1) is 30.2. The van der Waals surface area contributed by atoms with Gasteiger partial charge in [0.05, 0.1) is 39.6 Å². The van der Waals surface area contributed by atoms with Gasteiger partial charge in [-0.25, -0.2) is 18.2 Å². The second kappa shape index (κ2) is 19.9. The molecular formula is C49H51Cl2F3N6O3. The van der Waals surface area contributed by atoms with Crippen molar-refractivity contribution in [3.63, 3.8) is 0 Å². The van der Waals surface area contributed by atoms with Gasteiger partial charge in [0.2, 0.25) is 0 Å². The Hall–Kier alpha value is -4.87. The molecule has 1 atom stereocenters. The van der Waals surface area contributed by atoms with E-state index in [9.17, 15) is 23.9 Å². The Kier molecular flexibility index (Phi) is 14.6. The van der Waals surface area contributed by atoms with Crippen LogP contribution >= 0.6 is 23.2 Å². The van der Waals surface area contributed by atoms with E-state index in [0.29, 0.717) is 56.4 Å². The maximum Gasteiger partial charge on any atom is 0.157 e. The summed E-state index contributed by atoms with van der Waals surface area (Å²) in [5.74, 6) is -0.405. The number of benzene rings is 3. The van der Waals surface area contributed by atoms with Crippen LogP contribution in [-0.4, -0.2) is 62.5 Å². The first-order valence-electron chi connectivity index (χ1n) is 21.3. The van der Waals surface area contributed by atoms with Gasteiger partial charge in [-0.3, -0.25) is 9.88 Å². The van der Waals surface area contributed by atoms with Crippen molar-refractivity contribution in [3.05, 3.63) is 117 Å². The second-order valence-electron chi connectivity index (χ2n) is 17.3. The van der Waals surface area contributed by atoms with Crippen molar-refractivity contribution >= 4 is 51.3 Å². The Morgan fingerprint density at radius 2 is 1.75 bits per heavy atom. The van der Waals surface area contributed by atoms with E-state index in [1.807, 2.05) is 12.1 Å². The number of H-pyrrole nitrogens is 1. The summed E-state index contributed by atoms with van der Waals surface area (Å²) in [5, 5.41) is 33.7. The number of aryl methyl sites for hydroxylation is 1. The highest BCUT2D eigenvalue weighted by Crippen LogP contribution is 2.43. The Labute approximate surface area is 375 Å². The summed E-state index contributed by atoms with van der Waals surface area (Å²) in [5.41, 5.74) is 3.85. The molecule has 5 aliphatic rings. The van der Waals surface area contributed by atoms with Gasteiger partial charge in [0.1, 0.15) is 29.0 Å². The third-order valence-electron chi connectivity index (χ3n) is 12.1. The normalized spacial score (nSPS) is 19.0. The number of aromatic nitrogens is 3. The highest BCUT2D eigenvalue weighted by Gasteiger charge is 2.35. The van der Waals surface area contributed by atoms with Gasteiger partial charge in [0.25, 0.3) is 0 Å². The number of aldehydes is 1. The van der Waals surface area contributed by atoms with Crippen LogP contribution in [0.1, 0.15) is 87.3 Å². The Morgan fingerprint density at radius 1 is 1.02 bits per heavy atom. The number of aliphatic hydroxyl groups is 2. The molecule has 3 aromatic carbocycles. The van der Waals surface area contributed by atoms with Gasteiger partial charge in [0, 0.05) is 69.3 Å². The average Bonchev–Trinajstić information content (AvgIpc) is 3.60. The summed E-state index contributed by atoms with van der Waals surface area (Å²) in [6, 6.07) is 19.6. The van der Waals surface area contributed by atoms with Crippen LogP contribution in [0.4, 0.5) is 13.2 Å². The predicted molar refractivity (Wildman–Crippen MR) is 242 cm³/mol. The largest absolute Gasteiger partial charge is 0.391 e. The molecule has 2 bridgehead atoms. The number of fused-ring (bicyclic) bond motifs is 4. The zero-order chi connectivity index (χ0) is 45.0. The maximum atomic E-state index is 16.9. The standard InChI is InChI=1S/C33H30Cl2FN5O.C7H6F2O.C5H9N.C4H6O/c1-33(2,42)26-12-11-19(17-38-26)30-22-16-24(25-10-6-14-41(25)3)39-31(22)21-15-18(7-5-13-37)27(29(36)32(21)40-30)20-8-4-9-23(34)28(20)35;8-6-2-1-3-7(9)5(6)4-10;1-4-2-5(1)6-3-4;5-3-4-1-2-4/h4,8-9,11-12,15-17,25,39,42H,5-7,10,14H2,1-3H3;1-3,10H,4H2;4-6H,1-3H2;3-4H,1-2H2. The number of aliphatic hydroxyl groups excluding tert-OH is 1. The number of rotatable bonds is 8. The molecule has 9 nitrogen and oxygen atoms in total. The molecule has 5 fully saturated rings. The number of hydrogen-bond donors (Lipinski definition) is 4. The third kappa shape index (κ3) is 10.4. The van der Waals surface area contributed by atoms with Gasteiger partial charge < -0.3 is 25.3 Å². The predicted octanol–water partition coefficient (Wildman–Crippen LogP) is 10.8. The molecule has 0 radical (unpaired) electrons. The molecule has 6 heterocycles. The SMILES string of the molecule is C1NC2CC1C2.CN1CCCC1c1cc2c(-c3ccc(C(C)(C)O)nc3)nc3c(F)c(-c4cccc(Cl)c4Cl)c(CCC#N)cc3c2[nH]1.O=CC1CC1.OCc1c(F)cccc1F. The number of likely N-dealkylation sites (tertiary alicyclic amines) is 1. The van der Waals surface area contributed by atoms with Crippen molar-refractivity contribution in [2.24, 2.45) is 11.8 Å². The summed E-state index contributed by atoms with van der Waals surface area (Å²) < 4.78 is 41.8. The van der Waals surface area contributed by atoms with E-state index in [4.69, 9.17) is 33.3 Å². The van der Waals surface area contributed by atoms with Crippen LogP contribution in [0.5, 0.6) is 0 Å². The molecule has 0 amide bonds. The van der Waals surface area contributed by atoms with E-state index < -0.39 is 29.7 Å². The molecule has 2 aliphatic carbocycles. The van der Waals surface area contributed by atoms with E-state index in [2.05, 4.69) is 39.4 Å². The van der Waals surface area contributed by atoms with Crippen molar-refractivity contribution < 1.29 is 28.2 Å². The number of hydrogen-bond acceptors (Lipinski definition) is 8. The minimum absolute atomic E-state index is 0.184. The summed E-state index contributed by atoms with van der Waals surface area (Å²) in [6.45, 7) is 5.08. The number of nitrogens with zero attached hydrogens (tertiary/aromatic N) is 4. The van der Waals surface area contributed by atoms with Crippen LogP contribution < -0.4 is 5.32 Å². The van der Waals surface area contributed by atoms with Crippen LogP contribution in [-0.2, 0) is 23.4 Å². The molecule has 4 N–H and O–H groups in total. The molecule has 0 spiro atoms. The van der Waals surface area contributed by atoms with Crippen LogP contribution in [0.25, 0.3) is 44.2 Å². The smallest absolute Gasteiger partial charge is 0.157 e. The molecule has 1 unspecified atom stereocenters. The lowest BCUT2D eigenvalue weighted by atomic mass is 9.87. The Morgan fingerprint density at radius 3 is 2.25 bits per heavy atom. The van der Waals surface area contributed by atoms with E-state index in [1.54, 1.807) is 44.3 Å². The lowest BCUT2D eigenvalue weighted by molar-refractivity contribution is -0.108. The monoisotopic (exact) mass is 898 g/mol. The van der Waals surface area contributed by atoms with E-state index in [1.165, 1.54) is 25.5 Å². The van der Waals surface area contributed by atoms with Crippen molar-refractivity contribution in [1.82, 2.24) is 25.2 Å². The average molecular weight is 900 g/mol. The van der Waals surface area contributed by atoms with Gasteiger partial charge in [-0.2, -0.15) is 5.26 Å². The fraction of sp³-hybridized carbons (Fsp3) is 0.388. The highest BCUT2D eigenvalue weighted by atomic mass is 35.5. The van der Waals surface area contributed by atoms with Gasteiger partial charge in [-0.1, -0.05) is 41.4 Å². The maximum absolute atomic E-state index is 16.9.